The average Bonchev–Trinajstić information content (AvgIpc) is 2.38. The van der Waals surface area contributed by atoms with E-state index in [2.05, 4.69) is 0 Å². The van der Waals surface area contributed by atoms with Gasteiger partial charge in [-0.3, -0.25) is 0 Å². The van der Waals surface area contributed by atoms with Crippen LogP contribution in [0.2, 0.25) is 0 Å². The van der Waals surface area contributed by atoms with E-state index in [4.69, 9.17) is 10.5 Å². The van der Waals surface area contributed by atoms with Crippen LogP contribution in [0.4, 0.5) is 18.9 Å². The molecular formula is C13H17F3N2O. The molecule has 0 radical (unpaired) electrons. The maximum atomic E-state index is 13.0. The van der Waals surface area contributed by atoms with E-state index in [-0.39, 0.29) is 17.8 Å². The highest BCUT2D eigenvalue weighted by atomic mass is 19.4. The van der Waals surface area contributed by atoms with Gasteiger partial charge >= 0.3 is 6.18 Å². The second-order valence-electron chi connectivity index (χ2n) is 4.71. The molecular weight excluding hydrogens is 257 g/mol. The molecule has 1 aliphatic heterocycles. The summed E-state index contributed by atoms with van der Waals surface area (Å²) in [7, 11) is 0. The van der Waals surface area contributed by atoms with E-state index < -0.39 is 11.7 Å². The van der Waals surface area contributed by atoms with Crippen LogP contribution in [0.15, 0.2) is 24.3 Å². The number of rotatable bonds is 2. The van der Waals surface area contributed by atoms with Gasteiger partial charge in [-0.2, -0.15) is 13.2 Å². The minimum absolute atomic E-state index is 0.105. The molecule has 1 saturated heterocycles. The van der Waals surface area contributed by atoms with Gasteiger partial charge in [0.25, 0.3) is 0 Å². The summed E-state index contributed by atoms with van der Waals surface area (Å²) in [6.07, 6.45) is -4.58. The summed E-state index contributed by atoms with van der Waals surface area (Å²) in [5, 5.41) is 0. The van der Waals surface area contributed by atoms with Gasteiger partial charge in [-0.25, -0.2) is 0 Å². The summed E-state index contributed by atoms with van der Waals surface area (Å²) in [5.74, 6) is 0. The van der Waals surface area contributed by atoms with Gasteiger partial charge in [-0.15, -0.1) is 0 Å². The number of hydrogen-bond acceptors (Lipinski definition) is 3. The lowest BCUT2D eigenvalue weighted by molar-refractivity contribution is -0.137. The Morgan fingerprint density at radius 3 is 2.68 bits per heavy atom. The van der Waals surface area contributed by atoms with Gasteiger partial charge in [0.2, 0.25) is 0 Å². The van der Waals surface area contributed by atoms with Crippen molar-refractivity contribution in [1.29, 1.82) is 0 Å². The minimum atomic E-state index is -4.35. The average molecular weight is 274 g/mol. The maximum Gasteiger partial charge on any atom is 0.418 e. The van der Waals surface area contributed by atoms with Crippen molar-refractivity contribution in [3.63, 3.8) is 0 Å². The van der Waals surface area contributed by atoms with Crippen molar-refractivity contribution < 1.29 is 17.9 Å². The molecule has 1 aromatic carbocycles. The second-order valence-corrected chi connectivity index (χ2v) is 4.71. The third-order valence-electron chi connectivity index (χ3n) is 3.29. The Morgan fingerprint density at radius 2 is 2.05 bits per heavy atom. The molecule has 1 aliphatic rings. The third-order valence-corrected chi connectivity index (χ3v) is 3.29. The number of hydrogen-bond donors (Lipinski definition) is 1. The van der Waals surface area contributed by atoms with Gasteiger partial charge in [0.15, 0.2) is 0 Å². The molecule has 0 amide bonds. The van der Waals surface area contributed by atoms with E-state index >= 15 is 0 Å². The summed E-state index contributed by atoms with van der Waals surface area (Å²) in [6.45, 7) is 2.91. The smallest absolute Gasteiger partial charge is 0.373 e. The monoisotopic (exact) mass is 274 g/mol. The number of alkyl halides is 3. The molecule has 1 fully saturated rings. The summed E-state index contributed by atoms with van der Waals surface area (Å²) >= 11 is 0. The number of anilines is 1. The van der Waals surface area contributed by atoms with Crippen molar-refractivity contribution in [1.82, 2.24) is 0 Å². The molecule has 2 N–H and O–H groups in total. The lowest BCUT2D eigenvalue weighted by Crippen LogP contribution is -2.51. The largest absolute Gasteiger partial charge is 0.418 e. The normalized spacial score (nSPS) is 24.6. The molecule has 6 heteroatoms. The Labute approximate surface area is 110 Å². The van der Waals surface area contributed by atoms with Crippen molar-refractivity contribution in [3.8, 4) is 0 Å². The predicted molar refractivity (Wildman–Crippen MR) is 67.0 cm³/mol. The number of para-hydroxylation sites is 1. The zero-order valence-corrected chi connectivity index (χ0v) is 10.7. The van der Waals surface area contributed by atoms with Crippen LogP contribution in [0.25, 0.3) is 0 Å². The molecule has 2 rings (SSSR count). The lowest BCUT2D eigenvalue weighted by atomic mass is 10.1. The molecule has 2 atom stereocenters. The maximum absolute atomic E-state index is 13.0. The van der Waals surface area contributed by atoms with Crippen molar-refractivity contribution in [2.45, 2.75) is 25.2 Å². The number of halogens is 3. The summed E-state index contributed by atoms with van der Waals surface area (Å²) < 4.78 is 44.5. The number of nitrogens with two attached hydrogens (primary N) is 1. The van der Waals surface area contributed by atoms with E-state index in [1.165, 1.54) is 12.1 Å². The van der Waals surface area contributed by atoms with Crippen LogP contribution in [0.5, 0.6) is 0 Å². The first-order chi connectivity index (χ1) is 8.93. The molecule has 2 unspecified atom stereocenters. The standard InChI is InChI=1S/C13H17F3N2O/c1-9-8-19-10(6-17)7-18(9)12-5-3-2-4-11(12)13(14,15)16/h2-5,9-10H,6-8,17H2,1H3. The van der Waals surface area contributed by atoms with Gasteiger partial charge in [0, 0.05) is 24.8 Å². The molecule has 106 valence electrons. The van der Waals surface area contributed by atoms with E-state index in [9.17, 15) is 13.2 Å². The van der Waals surface area contributed by atoms with Crippen LogP contribution in [-0.4, -0.2) is 31.8 Å². The summed E-state index contributed by atoms with van der Waals surface area (Å²) in [6, 6.07) is 5.52. The molecule has 3 nitrogen and oxygen atoms in total. The molecule has 0 saturated carbocycles. The number of nitrogens with zero attached hydrogens (tertiary/aromatic N) is 1. The van der Waals surface area contributed by atoms with Crippen molar-refractivity contribution in [2.75, 3.05) is 24.6 Å². The molecule has 0 spiro atoms. The van der Waals surface area contributed by atoms with E-state index in [0.717, 1.165) is 6.07 Å². The fourth-order valence-electron chi connectivity index (χ4n) is 2.26. The fourth-order valence-corrected chi connectivity index (χ4v) is 2.26. The summed E-state index contributed by atoms with van der Waals surface area (Å²) in [4.78, 5) is 1.73. The minimum Gasteiger partial charge on any atom is -0.373 e. The molecule has 19 heavy (non-hydrogen) atoms. The highest BCUT2D eigenvalue weighted by Gasteiger charge is 2.36. The van der Waals surface area contributed by atoms with Gasteiger partial charge in [-0.1, -0.05) is 12.1 Å². The van der Waals surface area contributed by atoms with Gasteiger partial charge in [-0.05, 0) is 19.1 Å². The first kappa shape index (κ1) is 14.1. The quantitative estimate of drug-likeness (QED) is 0.899. The van der Waals surface area contributed by atoms with Gasteiger partial charge in [0.1, 0.15) is 0 Å². The number of ether oxygens (including phenoxy) is 1. The lowest BCUT2D eigenvalue weighted by Gasteiger charge is -2.40. The van der Waals surface area contributed by atoms with Crippen LogP contribution in [0.1, 0.15) is 12.5 Å². The SMILES string of the molecule is CC1COC(CN)CN1c1ccccc1C(F)(F)F. The van der Waals surface area contributed by atoms with Crippen LogP contribution in [0, 0.1) is 0 Å². The number of benzene rings is 1. The number of morpholine rings is 1. The zero-order chi connectivity index (χ0) is 14.0. The Kier molecular flexibility index (Phi) is 4.01. The topological polar surface area (TPSA) is 38.5 Å². The Morgan fingerprint density at radius 1 is 1.37 bits per heavy atom. The Hall–Kier alpha value is -1.27. The van der Waals surface area contributed by atoms with E-state index in [1.54, 1.807) is 11.0 Å². The second kappa shape index (κ2) is 5.38. The van der Waals surface area contributed by atoms with Crippen LogP contribution >= 0.6 is 0 Å². The first-order valence-electron chi connectivity index (χ1n) is 6.18. The molecule has 1 heterocycles. The van der Waals surface area contributed by atoms with Crippen molar-refractivity contribution in [2.24, 2.45) is 5.73 Å². The third kappa shape index (κ3) is 3.01. The Bertz CT molecular complexity index is 436. The van der Waals surface area contributed by atoms with Crippen molar-refractivity contribution >= 4 is 5.69 Å². The highest BCUT2D eigenvalue weighted by molar-refractivity contribution is 5.56. The van der Waals surface area contributed by atoms with Crippen LogP contribution in [-0.2, 0) is 10.9 Å². The molecule has 1 aromatic rings. The van der Waals surface area contributed by atoms with Crippen molar-refractivity contribution in [3.05, 3.63) is 29.8 Å². The van der Waals surface area contributed by atoms with Gasteiger partial charge in [0.05, 0.1) is 18.3 Å². The predicted octanol–water partition coefficient (Wildman–Crippen LogP) is 2.26. The first-order valence-corrected chi connectivity index (χ1v) is 6.18. The molecule has 0 aliphatic carbocycles. The van der Waals surface area contributed by atoms with Crippen LogP contribution < -0.4 is 10.6 Å². The molecule has 0 bridgehead atoms. The summed E-state index contributed by atoms with van der Waals surface area (Å²) in [5.41, 5.74) is 5.13. The Balaban J connectivity index is 2.35. The fraction of sp³-hybridized carbons (Fsp3) is 0.538. The zero-order valence-electron chi connectivity index (χ0n) is 10.7. The van der Waals surface area contributed by atoms with Crippen LogP contribution in [0.3, 0.4) is 0 Å². The van der Waals surface area contributed by atoms with Gasteiger partial charge < -0.3 is 15.4 Å². The van der Waals surface area contributed by atoms with E-state index in [0.29, 0.717) is 19.7 Å². The highest BCUT2D eigenvalue weighted by Crippen LogP contribution is 2.37. The van der Waals surface area contributed by atoms with E-state index in [1.807, 2.05) is 6.92 Å². The molecule has 0 aromatic heterocycles.